The molecule has 1 atom stereocenters. The Morgan fingerprint density at radius 1 is 1.31 bits per heavy atom. The number of halogens is 1. The second-order valence-electron chi connectivity index (χ2n) is 6.05. The van der Waals surface area contributed by atoms with Gasteiger partial charge >= 0.3 is 0 Å². The van der Waals surface area contributed by atoms with Crippen molar-refractivity contribution >= 4 is 34.5 Å². The first-order valence-corrected chi connectivity index (χ1v) is 8.73. The molecule has 0 aliphatic heterocycles. The number of aromatic nitrogens is 5. The van der Waals surface area contributed by atoms with Crippen LogP contribution in [0.15, 0.2) is 24.8 Å². The van der Waals surface area contributed by atoms with E-state index in [0.717, 1.165) is 10.9 Å². The SMILES string of the molecule is CCNC(=O)[C@](C)(CC)Nc1ncnc(-c2c[nH]c3ncc(Cl)cc23)n1. The van der Waals surface area contributed by atoms with Gasteiger partial charge in [-0.2, -0.15) is 4.98 Å². The number of amides is 1. The first-order valence-electron chi connectivity index (χ1n) is 8.35. The summed E-state index contributed by atoms with van der Waals surface area (Å²) in [4.78, 5) is 32.5. The Labute approximate surface area is 155 Å². The maximum Gasteiger partial charge on any atom is 0.245 e. The van der Waals surface area contributed by atoms with Crippen LogP contribution in [0.25, 0.3) is 22.4 Å². The van der Waals surface area contributed by atoms with E-state index in [0.29, 0.717) is 35.4 Å². The molecule has 3 aromatic rings. The molecule has 9 heteroatoms. The normalized spacial score (nSPS) is 13.4. The summed E-state index contributed by atoms with van der Waals surface area (Å²) in [5.74, 6) is 0.689. The van der Waals surface area contributed by atoms with Gasteiger partial charge in [-0.05, 0) is 26.3 Å². The summed E-state index contributed by atoms with van der Waals surface area (Å²) in [5.41, 5.74) is 0.636. The van der Waals surface area contributed by atoms with Crippen LogP contribution in [0.2, 0.25) is 5.02 Å². The van der Waals surface area contributed by atoms with Crippen molar-refractivity contribution in [3.63, 3.8) is 0 Å². The second-order valence-corrected chi connectivity index (χ2v) is 6.49. The van der Waals surface area contributed by atoms with Crippen molar-refractivity contribution in [2.75, 3.05) is 11.9 Å². The van der Waals surface area contributed by atoms with Crippen molar-refractivity contribution < 1.29 is 4.79 Å². The van der Waals surface area contributed by atoms with Gasteiger partial charge in [0.2, 0.25) is 11.9 Å². The Hall–Kier alpha value is -2.74. The molecule has 3 N–H and O–H groups in total. The van der Waals surface area contributed by atoms with E-state index in [1.807, 2.05) is 20.8 Å². The molecule has 26 heavy (non-hydrogen) atoms. The monoisotopic (exact) mass is 373 g/mol. The fourth-order valence-electron chi connectivity index (χ4n) is 2.56. The number of likely N-dealkylation sites (N-methyl/N-ethyl adjacent to an activating group) is 1. The predicted octanol–water partition coefficient (Wildman–Crippen LogP) is 2.79. The lowest BCUT2D eigenvalue weighted by Crippen LogP contribution is -2.50. The largest absolute Gasteiger partial charge is 0.354 e. The minimum atomic E-state index is -0.820. The van der Waals surface area contributed by atoms with Crippen molar-refractivity contribution in [2.24, 2.45) is 0 Å². The van der Waals surface area contributed by atoms with Crippen LogP contribution in [0.4, 0.5) is 5.95 Å². The van der Waals surface area contributed by atoms with Gasteiger partial charge in [-0.1, -0.05) is 18.5 Å². The molecule has 0 saturated carbocycles. The first-order chi connectivity index (χ1) is 12.5. The summed E-state index contributed by atoms with van der Waals surface area (Å²) in [6, 6.07) is 1.80. The molecule has 1 amide bonds. The number of H-pyrrole nitrogens is 1. The maximum atomic E-state index is 12.4. The Balaban J connectivity index is 1.95. The highest BCUT2D eigenvalue weighted by molar-refractivity contribution is 6.31. The van der Waals surface area contributed by atoms with Crippen molar-refractivity contribution in [3.05, 3.63) is 29.8 Å². The van der Waals surface area contributed by atoms with Gasteiger partial charge in [-0.3, -0.25) is 4.79 Å². The summed E-state index contributed by atoms with van der Waals surface area (Å²) in [6.45, 7) is 6.18. The van der Waals surface area contributed by atoms with E-state index in [1.165, 1.54) is 6.33 Å². The van der Waals surface area contributed by atoms with Gasteiger partial charge in [0.05, 0.1) is 5.02 Å². The van der Waals surface area contributed by atoms with Crippen LogP contribution >= 0.6 is 11.6 Å². The number of nitrogens with one attached hydrogen (secondary N) is 3. The van der Waals surface area contributed by atoms with Crippen LogP contribution in [0.1, 0.15) is 27.2 Å². The third-order valence-corrected chi connectivity index (χ3v) is 4.45. The average Bonchev–Trinajstić information content (AvgIpc) is 3.05. The first kappa shape index (κ1) is 18.1. The number of hydrogen-bond donors (Lipinski definition) is 3. The summed E-state index contributed by atoms with van der Waals surface area (Å²) in [5, 5.41) is 7.30. The Morgan fingerprint density at radius 2 is 2.12 bits per heavy atom. The van der Waals surface area contributed by atoms with Crippen LogP contribution in [-0.4, -0.2) is 42.9 Å². The number of anilines is 1. The highest BCUT2D eigenvalue weighted by atomic mass is 35.5. The molecule has 0 bridgehead atoms. The fourth-order valence-corrected chi connectivity index (χ4v) is 2.72. The van der Waals surface area contributed by atoms with Gasteiger partial charge in [0.1, 0.15) is 17.5 Å². The van der Waals surface area contributed by atoms with Crippen molar-refractivity contribution in [1.82, 2.24) is 30.2 Å². The van der Waals surface area contributed by atoms with E-state index >= 15 is 0 Å². The topological polar surface area (TPSA) is 108 Å². The summed E-state index contributed by atoms with van der Waals surface area (Å²) in [7, 11) is 0. The number of carbonyl (C=O) groups is 1. The molecule has 0 saturated heterocycles. The smallest absolute Gasteiger partial charge is 0.245 e. The van der Waals surface area contributed by atoms with Crippen LogP contribution < -0.4 is 10.6 Å². The molecule has 0 aliphatic carbocycles. The van der Waals surface area contributed by atoms with E-state index in [1.54, 1.807) is 18.5 Å². The van der Waals surface area contributed by atoms with Gasteiger partial charge in [0.15, 0.2) is 5.82 Å². The van der Waals surface area contributed by atoms with E-state index in [-0.39, 0.29) is 5.91 Å². The number of aromatic amines is 1. The summed E-state index contributed by atoms with van der Waals surface area (Å²) < 4.78 is 0. The number of hydrogen-bond acceptors (Lipinski definition) is 6. The third-order valence-electron chi connectivity index (χ3n) is 4.24. The lowest BCUT2D eigenvalue weighted by Gasteiger charge is -2.28. The molecule has 0 aliphatic rings. The zero-order valence-electron chi connectivity index (χ0n) is 14.8. The molecule has 0 unspecified atom stereocenters. The number of carbonyl (C=O) groups excluding carboxylic acids is 1. The zero-order chi connectivity index (χ0) is 18.7. The second kappa shape index (κ2) is 7.25. The lowest BCUT2D eigenvalue weighted by molar-refractivity contribution is -0.125. The fraction of sp³-hybridized carbons (Fsp3) is 0.353. The minimum Gasteiger partial charge on any atom is -0.354 e. The Morgan fingerprint density at radius 3 is 2.85 bits per heavy atom. The molecule has 136 valence electrons. The molecule has 0 radical (unpaired) electrons. The third kappa shape index (κ3) is 3.45. The maximum absolute atomic E-state index is 12.4. The molecule has 0 spiro atoms. The predicted molar refractivity (Wildman–Crippen MR) is 101 cm³/mol. The molecule has 0 fully saturated rings. The van der Waals surface area contributed by atoms with Gasteiger partial charge in [0, 0.05) is 29.9 Å². The van der Waals surface area contributed by atoms with Crippen LogP contribution in [0.5, 0.6) is 0 Å². The number of pyridine rings is 1. The van der Waals surface area contributed by atoms with Crippen LogP contribution in [-0.2, 0) is 4.79 Å². The molecule has 0 aromatic carbocycles. The Bertz CT molecular complexity index is 942. The van der Waals surface area contributed by atoms with E-state index < -0.39 is 5.54 Å². The molecule has 3 heterocycles. The molecular weight excluding hydrogens is 354 g/mol. The summed E-state index contributed by atoms with van der Waals surface area (Å²) in [6.07, 6.45) is 5.33. The van der Waals surface area contributed by atoms with E-state index in [9.17, 15) is 4.79 Å². The zero-order valence-corrected chi connectivity index (χ0v) is 15.6. The summed E-state index contributed by atoms with van der Waals surface area (Å²) >= 11 is 6.05. The molecule has 3 aromatic heterocycles. The van der Waals surface area contributed by atoms with Gasteiger partial charge in [-0.15, -0.1) is 0 Å². The lowest BCUT2D eigenvalue weighted by atomic mass is 9.98. The highest BCUT2D eigenvalue weighted by Crippen LogP contribution is 2.27. The van der Waals surface area contributed by atoms with Gasteiger partial charge in [-0.25, -0.2) is 15.0 Å². The number of nitrogens with zero attached hydrogens (tertiary/aromatic N) is 4. The Kier molecular flexibility index (Phi) is 5.03. The van der Waals surface area contributed by atoms with Gasteiger partial charge in [0.25, 0.3) is 0 Å². The van der Waals surface area contributed by atoms with Crippen molar-refractivity contribution in [2.45, 2.75) is 32.7 Å². The van der Waals surface area contributed by atoms with Crippen molar-refractivity contribution in [3.8, 4) is 11.4 Å². The van der Waals surface area contributed by atoms with E-state index in [2.05, 4.69) is 35.6 Å². The van der Waals surface area contributed by atoms with Crippen LogP contribution in [0.3, 0.4) is 0 Å². The van der Waals surface area contributed by atoms with Gasteiger partial charge < -0.3 is 15.6 Å². The number of fused-ring (bicyclic) bond motifs is 1. The molecule has 3 rings (SSSR count). The minimum absolute atomic E-state index is 0.104. The van der Waals surface area contributed by atoms with E-state index in [4.69, 9.17) is 11.6 Å². The molecule has 8 nitrogen and oxygen atoms in total. The average molecular weight is 374 g/mol. The van der Waals surface area contributed by atoms with Crippen LogP contribution in [0, 0.1) is 0 Å². The standard InChI is InChI=1S/C17H20ClN7O/c1-4-17(3,15(26)19-5-2)25-16-23-9-22-14(24-16)12-8-21-13-11(12)6-10(18)7-20-13/h6-9H,4-5H2,1-3H3,(H,19,26)(H,20,21)(H,22,23,24,25)/t17-/m0/s1. The number of rotatable bonds is 6. The molecular formula is C17H20ClN7O. The van der Waals surface area contributed by atoms with Crippen molar-refractivity contribution in [1.29, 1.82) is 0 Å². The quantitative estimate of drug-likeness (QED) is 0.613. The highest BCUT2D eigenvalue weighted by Gasteiger charge is 2.31.